The molecule has 26 heavy (non-hydrogen) atoms. The first kappa shape index (κ1) is 18.9. The van der Waals surface area contributed by atoms with Gasteiger partial charge in [0.25, 0.3) is 0 Å². The van der Waals surface area contributed by atoms with E-state index in [9.17, 15) is 13.2 Å². The van der Waals surface area contributed by atoms with Gasteiger partial charge in [0.15, 0.2) is 0 Å². The highest BCUT2D eigenvalue weighted by atomic mass is 32.2. The van der Waals surface area contributed by atoms with E-state index in [-0.39, 0.29) is 17.4 Å². The number of rotatable bonds is 6. The highest BCUT2D eigenvalue weighted by Crippen LogP contribution is 2.16. The monoisotopic (exact) mass is 395 g/mol. The highest BCUT2D eigenvalue weighted by Gasteiger charge is 2.29. The molecule has 1 aliphatic rings. The van der Waals surface area contributed by atoms with Gasteiger partial charge >= 0.3 is 0 Å². The molecule has 0 atom stereocenters. The molecule has 10 heteroatoms. The summed E-state index contributed by atoms with van der Waals surface area (Å²) in [4.78, 5) is 18.1. The van der Waals surface area contributed by atoms with Gasteiger partial charge < -0.3 is 4.90 Å². The minimum Gasteiger partial charge on any atom is -0.339 e. The van der Waals surface area contributed by atoms with E-state index in [1.165, 1.54) is 16.1 Å². The maximum atomic E-state index is 12.5. The zero-order chi connectivity index (χ0) is 18.6. The van der Waals surface area contributed by atoms with Crippen molar-refractivity contribution in [3.05, 3.63) is 41.7 Å². The number of carbonyl (C=O) groups is 1. The average molecular weight is 396 g/mol. The third-order valence-corrected chi connectivity index (χ3v) is 6.76. The number of aryl methyl sites for hydroxylation is 1. The molecule has 8 nitrogen and oxygen atoms in total. The van der Waals surface area contributed by atoms with Gasteiger partial charge in [-0.25, -0.2) is 13.4 Å². The molecule has 140 valence electrons. The van der Waals surface area contributed by atoms with Gasteiger partial charge in [-0.15, -0.1) is 5.10 Å². The molecule has 2 aromatic rings. The predicted molar refractivity (Wildman–Crippen MR) is 99.1 cm³/mol. The fourth-order valence-electron chi connectivity index (χ4n) is 2.70. The smallest absolute Gasteiger partial charge is 0.233 e. The van der Waals surface area contributed by atoms with Crippen LogP contribution < -0.4 is 0 Å². The van der Waals surface area contributed by atoms with Crippen LogP contribution in [0.3, 0.4) is 0 Å². The Balaban J connectivity index is 1.49. The van der Waals surface area contributed by atoms with Gasteiger partial charge in [0.05, 0.1) is 11.5 Å². The number of hydrogen-bond donors (Lipinski definition) is 1. The van der Waals surface area contributed by atoms with Gasteiger partial charge in [-0.2, -0.15) is 4.31 Å². The van der Waals surface area contributed by atoms with E-state index in [2.05, 4.69) is 15.2 Å². The molecule has 0 saturated carbocycles. The van der Waals surface area contributed by atoms with E-state index in [0.717, 1.165) is 5.56 Å². The second-order valence-corrected chi connectivity index (χ2v) is 8.93. The number of benzene rings is 1. The Morgan fingerprint density at radius 1 is 1.19 bits per heavy atom. The lowest BCUT2D eigenvalue weighted by molar-refractivity contribution is -0.129. The Labute approximate surface area is 157 Å². The maximum absolute atomic E-state index is 12.5. The Morgan fingerprint density at radius 2 is 1.88 bits per heavy atom. The molecule has 1 aliphatic heterocycles. The van der Waals surface area contributed by atoms with Crippen LogP contribution in [0, 0.1) is 6.92 Å². The second kappa shape index (κ2) is 8.19. The van der Waals surface area contributed by atoms with Crippen molar-refractivity contribution in [2.45, 2.75) is 17.8 Å². The fourth-order valence-corrected chi connectivity index (χ4v) is 4.96. The number of piperazine rings is 1. The molecule has 1 N–H and O–H groups in total. The Bertz CT molecular complexity index is 846. The van der Waals surface area contributed by atoms with Crippen LogP contribution in [0.25, 0.3) is 0 Å². The lowest BCUT2D eigenvalue weighted by atomic mass is 10.2. The number of H-pyrrole nitrogens is 1. The molecule has 3 rings (SSSR count). The topological polar surface area (TPSA) is 99.3 Å². The zero-order valence-electron chi connectivity index (χ0n) is 14.5. The molecular weight excluding hydrogens is 374 g/mol. The SMILES string of the molecule is Cc1nc(SCC(=O)N2CCN(S(=O)(=O)Cc3ccccc3)CC2)n[nH]1. The van der Waals surface area contributed by atoms with Crippen LogP contribution in [0.1, 0.15) is 11.4 Å². The summed E-state index contributed by atoms with van der Waals surface area (Å²) in [6, 6.07) is 9.13. The Hall–Kier alpha value is -1.91. The molecule has 1 aromatic carbocycles. The summed E-state index contributed by atoms with van der Waals surface area (Å²) in [5.74, 6) is 0.908. The fraction of sp³-hybridized carbons (Fsp3) is 0.438. The lowest BCUT2D eigenvalue weighted by Gasteiger charge is -2.34. The number of nitrogens with one attached hydrogen (secondary N) is 1. The average Bonchev–Trinajstić information content (AvgIpc) is 3.05. The molecule has 0 aliphatic carbocycles. The van der Waals surface area contributed by atoms with E-state index in [1.54, 1.807) is 24.0 Å². The van der Waals surface area contributed by atoms with Crippen molar-refractivity contribution in [1.82, 2.24) is 24.4 Å². The summed E-state index contributed by atoms with van der Waals surface area (Å²) in [5, 5.41) is 7.26. The Kier molecular flexibility index (Phi) is 5.94. The largest absolute Gasteiger partial charge is 0.339 e. The van der Waals surface area contributed by atoms with Crippen LogP contribution in [0.5, 0.6) is 0 Å². The first-order valence-electron chi connectivity index (χ1n) is 8.25. The summed E-state index contributed by atoms with van der Waals surface area (Å²) >= 11 is 1.27. The molecule has 0 unspecified atom stereocenters. The third-order valence-electron chi connectivity index (χ3n) is 4.08. The molecular formula is C16H21N5O3S2. The van der Waals surface area contributed by atoms with Crippen molar-refractivity contribution in [2.24, 2.45) is 0 Å². The summed E-state index contributed by atoms with van der Waals surface area (Å²) in [6.45, 7) is 3.26. The number of nitrogens with zero attached hydrogens (tertiary/aromatic N) is 4. The molecule has 1 saturated heterocycles. The number of aromatic nitrogens is 3. The lowest BCUT2D eigenvalue weighted by Crippen LogP contribution is -2.51. The molecule has 2 heterocycles. The number of amides is 1. The van der Waals surface area contributed by atoms with Crippen molar-refractivity contribution in [3.63, 3.8) is 0 Å². The van der Waals surface area contributed by atoms with Gasteiger partial charge in [0, 0.05) is 26.2 Å². The van der Waals surface area contributed by atoms with Crippen molar-refractivity contribution in [2.75, 3.05) is 31.9 Å². The van der Waals surface area contributed by atoms with Crippen LogP contribution >= 0.6 is 11.8 Å². The van der Waals surface area contributed by atoms with E-state index >= 15 is 0 Å². The number of carbonyl (C=O) groups excluding carboxylic acids is 1. The van der Waals surface area contributed by atoms with Crippen LogP contribution in [0.15, 0.2) is 35.5 Å². The minimum atomic E-state index is -3.37. The highest BCUT2D eigenvalue weighted by molar-refractivity contribution is 7.99. The number of hydrogen-bond acceptors (Lipinski definition) is 6. The number of thioether (sulfide) groups is 1. The third kappa shape index (κ3) is 4.83. The van der Waals surface area contributed by atoms with Crippen molar-refractivity contribution >= 4 is 27.7 Å². The predicted octanol–water partition coefficient (Wildman–Crippen LogP) is 0.879. The second-order valence-electron chi connectivity index (χ2n) is 6.01. The van der Waals surface area contributed by atoms with Gasteiger partial charge in [0.1, 0.15) is 5.82 Å². The normalized spacial score (nSPS) is 16.0. The van der Waals surface area contributed by atoms with Gasteiger partial charge in [-0.05, 0) is 12.5 Å². The quantitative estimate of drug-likeness (QED) is 0.729. The molecule has 0 spiro atoms. The maximum Gasteiger partial charge on any atom is 0.233 e. The molecule has 1 aromatic heterocycles. The van der Waals surface area contributed by atoms with Crippen LogP contribution in [-0.4, -0.2) is 70.6 Å². The van der Waals surface area contributed by atoms with Crippen LogP contribution in [-0.2, 0) is 20.6 Å². The van der Waals surface area contributed by atoms with Crippen molar-refractivity contribution in [1.29, 1.82) is 0 Å². The summed E-state index contributed by atoms with van der Waals surface area (Å²) in [6.07, 6.45) is 0. The summed E-state index contributed by atoms with van der Waals surface area (Å²) < 4.78 is 26.6. The van der Waals surface area contributed by atoms with E-state index in [0.29, 0.717) is 37.2 Å². The van der Waals surface area contributed by atoms with Gasteiger partial charge in [0.2, 0.25) is 21.1 Å². The molecule has 1 fully saturated rings. The van der Waals surface area contributed by atoms with E-state index in [4.69, 9.17) is 0 Å². The first-order chi connectivity index (χ1) is 12.4. The number of aromatic amines is 1. The zero-order valence-corrected chi connectivity index (χ0v) is 16.1. The molecule has 1 amide bonds. The van der Waals surface area contributed by atoms with Crippen molar-refractivity contribution in [3.8, 4) is 0 Å². The molecule has 0 bridgehead atoms. The van der Waals surface area contributed by atoms with E-state index in [1.807, 2.05) is 18.2 Å². The van der Waals surface area contributed by atoms with E-state index < -0.39 is 10.0 Å². The van der Waals surface area contributed by atoms with Crippen LogP contribution in [0.2, 0.25) is 0 Å². The molecule has 0 radical (unpaired) electrons. The number of sulfonamides is 1. The minimum absolute atomic E-state index is 0.0121. The summed E-state index contributed by atoms with van der Waals surface area (Å²) in [7, 11) is -3.37. The Morgan fingerprint density at radius 3 is 2.50 bits per heavy atom. The van der Waals surface area contributed by atoms with Crippen molar-refractivity contribution < 1.29 is 13.2 Å². The van der Waals surface area contributed by atoms with Gasteiger partial charge in [-0.1, -0.05) is 42.1 Å². The first-order valence-corrected chi connectivity index (χ1v) is 10.8. The standard InChI is InChI=1S/C16H21N5O3S2/c1-13-17-16(19-18-13)25-11-15(22)20-7-9-21(10-8-20)26(23,24)12-14-5-3-2-4-6-14/h2-6H,7-12H2,1H3,(H,17,18,19). The van der Waals surface area contributed by atoms with Gasteiger partial charge in [-0.3, -0.25) is 9.89 Å². The summed E-state index contributed by atoms with van der Waals surface area (Å²) in [5.41, 5.74) is 0.768. The van der Waals surface area contributed by atoms with Crippen LogP contribution in [0.4, 0.5) is 0 Å².